The summed E-state index contributed by atoms with van der Waals surface area (Å²) in [6.45, 7) is 8.25. The second-order valence-electron chi connectivity index (χ2n) is 5.28. The zero-order chi connectivity index (χ0) is 10.1. The molecule has 1 N–H and O–H groups in total. The standard InChI is InChI=1S/C9H20NOSi.Tl/c1-12(2,3)7-9(11)8-5-4-6-10-8;/h8-9,11H,4-7H2,1-3H3;/q-1;+1/t8-,9?;/m0./s1. The van der Waals surface area contributed by atoms with Gasteiger partial charge in [0.1, 0.15) is 0 Å². The monoisotopic (exact) mass is 391 g/mol. The predicted molar refractivity (Wildman–Crippen MR) is 59.6 cm³/mol. The zero-order valence-electron chi connectivity index (χ0n) is 8.95. The summed E-state index contributed by atoms with van der Waals surface area (Å²) < 4.78 is 2.48. The summed E-state index contributed by atoms with van der Waals surface area (Å²) in [6.07, 6.45) is 2.48. The van der Waals surface area contributed by atoms with E-state index in [-0.39, 0.29) is 6.10 Å². The van der Waals surface area contributed by atoms with Crippen LogP contribution >= 0.6 is 0 Å². The van der Waals surface area contributed by atoms with Crippen molar-refractivity contribution < 1.29 is 5.11 Å². The molecule has 2 nitrogen and oxygen atoms in total. The Morgan fingerprint density at radius 2 is 2.15 bits per heavy atom. The molecule has 0 aromatic heterocycles. The third-order valence-electron chi connectivity index (χ3n) is 2.61. The molecule has 74 valence electrons. The van der Waals surface area contributed by atoms with Crippen LogP contribution in [0, 0.1) is 0 Å². The Labute approximate surface area is 98.8 Å². The third kappa shape index (κ3) is 3.97. The fourth-order valence-corrected chi connectivity index (χ4v) is 5.58. The zero-order valence-corrected chi connectivity index (χ0v) is 14.4. The molecule has 0 aliphatic carbocycles. The summed E-state index contributed by atoms with van der Waals surface area (Å²) in [7, 11) is -1.08. The number of aliphatic hydroxyl groups excluding tert-OH is 1. The van der Waals surface area contributed by atoms with Crippen LogP contribution in [0.1, 0.15) is 12.8 Å². The average molecular weight is 391 g/mol. The van der Waals surface area contributed by atoms with Crippen LogP contribution in [0.5, 0.6) is 0 Å². The van der Waals surface area contributed by atoms with E-state index in [0.29, 0.717) is 6.04 Å². The van der Waals surface area contributed by atoms with Gasteiger partial charge in [0.25, 0.3) is 0 Å². The Kier molecular flexibility index (Phi) is 4.40. The van der Waals surface area contributed by atoms with E-state index < -0.39 is 8.07 Å². The minimum absolute atomic E-state index is 0.0424. The molecule has 0 bridgehead atoms. The van der Waals surface area contributed by atoms with Crippen LogP contribution in [-0.2, 0) is 0 Å². The molecule has 0 spiro atoms. The Hall–Kier alpha value is 1.06. The first-order valence-corrected chi connectivity index (χ1v) is 10.8. The van der Waals surface area contributed by atoms with Gasteiger partial charge in [0, 0.05) is 0 Å². The van der Waals surface area contributed by atoms with E-state index in [9.17, 15) is 5.11 Å². The van der Waals surface area contributed by atoms with E-state index in [2.05, 4.69) is 22.4 Å². The molecule has 0 aromatic rings. The summed E-state index contributed by atoms with van der Waals surface area (Å²) in [5, 5.41) is 10.1. The molecule has 4 heteroatoms. The van der Waals surface area contributed by atoms with Crippen molar-refractivity contribution in [3.05, 3.63) is 0 Å². The molecule has 13 heavy (non-hydrogen) atoms. The SMILES string of the molecule is C[Si](C)(C)CC(O)[C@@H]1CCC[N]1[Tl]. The maximum absolute atomic E-state index is 10.1. The van der Waals surface area contributed by atoms with E-state index >= 15 is 0 Å². The molecule has 0 saturated carbocycles. The quantitative estimate of drug-likeness (QED) is 0.733. The maximum atomic E-state index is 10.1. The van der Waals surface area contributed by atoms with Gasteiger partial charge in [-0.3, -0.25) is 0 Å². The van der Waals surface area contributed by atoms with Gasteiger partial charge in [-0.25, -0.2) is 0 Å². The van der Waals surface area contributed by atoms with Crippen molar-refractivity contribution in [2.24, 2.45) is 0 Å². The minimum atomic E-state index is -1.08. The molecule has 1 unspecified atom stereocenters. The van der Waals surface area contributed by atoms with Crippen LogP contribution < -0.4 is 0 Å². The van der Waals surface area contributed by atoms with Crippen LogP contribution in [0.25, 0.3) is 0 Å². The van der Waals surface area contributed by atoms with E-state index in [1.165, 1.54) is 19.4 Å². The van der Waals surface area contributed by atoms with Gasteiger partial charge in [-0.2, -0.15) is 0 Å². The van der Waals surface area contributed by atoms with Crippen LogP contribution in [0.4, 0.5) is 0 Å². The molecule has 1 heterocycles. The summed E-state index contributed by atoms with van der Waals surface area (Å²) >= 11 is 0.911. The number of hydrogen-bond acceptors (Lipinski definition) is 2. The average Bonchev–Trinajstić information content (AvgIpc) is 2.30. The van der Waals surface area contributed by atoms with Crippen molar-refractivity contribution >= 4 is 34.1 Å². The molecule has 1 aliphatic heterocycles. The van der Waals surface area contributed by atoms with Crippen molar-refractivity contribution in [3.8, 4) is 0 Å². The van der Waals surface area contributed by atoms with E-state index in [0.717, 1.165) is 32.1 Å². The second-order valence-corrected chi connectivity index (χ2v) is 13.4. The summed E-state index contributed by atoms with van der Waals surface area (Å²) in [6, 6.07) is 1.58. The van der Waals surface area contributed by atoms with Gasteiger partial charge in [-0.15, -0.1) is 0 Å². The molecule has 1 saturated heterocycles. The van der Waals surface area contributed by atoms with Crippen LogP contribution in [0.3, 0.4) is 0 Å². The number of nitrogens with zero attached hydrogens (tertiary/aromatic N) is 1. The van der Waals surface area contributed by atoms with Gasteiger partial charge in [0.05, 0.1) is 0 Å². The molecule has 1 aliphatic rings. The molecule has 0 amide bonds. The number of hydrogen-bond donors (Lipinski definition) is 1. The first-order chi connectivity index (χ1) is 5.90. The van der Waals surface area contributed by atoms with Gasteiger partial charge >= 0.3 is 99.2 Å². The van der Waals surface area contributed by atoms with Crippen molar-refractivity contribution in [3.63, 3.8) is 0 Å². The second kappa shape index (κ2) is 4.72. The predicted octanol–water partition coefficient (Wildman–Crippen LogP) is 1.23. The first kappa shape index (κ1) is 12.1. The molecular formula is C9H20NOSiTl. The molecular weight excluding hydrogens is 371 g/mol. The first-order valence-electron chi connectivity index (χ1n) is 5.09. The summed E-state index contributed by atoms with van der Waals surface area (Å²) in [5.74, 6) is 0. The third-order valence-corrected chi connectivity index (χ3v) is 6.74. The molecule has 0 radical (unpaired) electrons. The van der Waals surface area contributed by atoms with E-state index in [4.69, 9.17) is 0 Å². The Bertz CT molecular complexity index is 171. The van der Waals surface area contributed by atoms with Crippen molar-refractivity contribution in [2.75, 3.05) is 6.54 Å². The molecule has 0 aromatic carbocycles. The van der Waals surface area contributed by atoms with Gasteiger partial charge < -0.3 is 0 Å². The van der Waals surface area contributed by atoms with Gasteiger partial charge in [0.15, 0.2) is 0 Å². The fourth-order valence-electron chi connectivity index (χ4n) is 1.99. The molecule has 1 rings (SSSR count). The summed E-state index contributed by atoms with van der Waals surface area (Å²) in [5.41, 5.74) is 0. The van der Waals surface area contributed by atoms with Crippen LogP contribution in [-0.4, -0.2) is 60.6 Å². The van der Waals surface area contributed by atoms with Gasteiger partial charge in [-0.05, 0) is 0 Å². The van der Waals surface area contributed by atoms with Gasteiger partial charge in [0.2, 0.25) is 0 Å². The van der Waals surface area contributed by atoms with Crippen molar-refractivity contribution in [2.45, 2.75) is 50.7 Å². The summed E-state index contributed by atoms with van der Waals surface area (Å²) in [4.78, 5) is 0. The van der Waals surface area contributed by atoms with Gasteiger partial charge in [-0.1, -0.05) is 0 Å². The van der Waals surface area contributed by atoms with Crippen LogP contribution in [0.2, 0.25) is 25.7 Å². The van der Waals surface area contributed by atoms with Crippen molar-refractivity contribution in [1.29, 1.82) is 0 Å². The van der Waals surface area contributed by atoms with Crippen LogP contribution in [0.15, 0.2) is 0 Å². The van der Waals surface area contributed by atoms with E-state index in [1.807, 2.05) is 0 Å². The molecule has 2 atom stereocenters. The van der Waals surface area contributed by atoms with E-state index in [1.54, 1.807) is 0 Å². The fraction of sp³-hybridized carbons (Fsp3) is 1.00. The topological polar surface area (TPSA) is 23.5 Å². The Morgan fingerprint density at radius 1 is 1.54 bits per heavy atom. The Balaban J connectivity index is 2.43. The number of aliphatic hydroxyl groups is 1. The Morgan fingerprint density at radius 3 is 2.54 bits per heavy atom. The molecule has 1 fully saturated rings. The normalized spacial score (nSPS) is 27.8. The number of rotatable bonds is 3. The van der Waals surface area contributed by atoms with Crippen molar-refractivity contribution in [1.82, 2.24) is 2.71 Å².